The van der Waals surface area contributed by atoms with Crippen molar-refractivity contribution in [3.63, 3.8) is 0 Å². The Morgan fingerprint density at radius 2 is 1.90 bits per heavy atom. The maximum absolute atomic E-state index is 13.4. The van der Waals surface area contributed by atoms with Crippen LogP contribution < -0.4 is 0 Å². The molecule has 0 aromatic heterocycles. The molecule has 3 rings (SSSR count). The monoisotopic (exact) mass is 271 g/mol. The summed E-state index contributed by atoms with van der Waals surface area (Å²) in [6, 6.07) is 13.2. The van der Waals surface area contributed by atoms with Gasteiger partial charge in [0.25, 0.3) is 0 Å². The first-order valence-electron chi connectivity index (χ1n) is 6.99. The molecule has 0 unspecified atom stereocenters. The minimum atomic E-state index is -0.544. The van der Waals surface area contributed by atoms with Crippen molar-refractivity contribution in [3.05, 3.63) is 65.0 Å². The fraction of sp³-hybridized carbons (Fsp3) is 0.294. The van der Waals surface area contributed by atoms with Crippen LogP contribution in [0, 0.1) is 5.82 Å². The van der Waals surface area contributed by atoms with E-state index in [0.717, 1.165) is 31.5 Å². The first-order chi connectivity index (χ1) is 9.72. The summed E-state index contributed by atoms with van der Waals surface area (Å²) in [6.07, 6.45) is 2.23. The second-order valence-corrected chi connectivity index (χ2v) is 5.37. The molecule has 0 amide bonds. The van der Waals surface area contributed by atoms with Crippen molar-refractivity contribution in [2.75, 3.05) is 6.54 Å². The highest BCUT2D eigenvalue weighted by atomic mass is 19.1. The van der Waals surface area contributed by atoms with Crippen LogP contribution in [-0.4, -0.2) is 16.6 Å². The van der Waals surface area contributed by atoms with E-state index in [1.165, 1.54) is 23.3 Å². The van der Waals surface area contributed by atoms with Crippen LogP contribution in [0.15, 0.2) is 42.5 Å². The van der Waals surface area contributed by atoms with E-state index < -0.39 is 5.82 Å². The summed E-state index contributed by atoms with van der Waals surface area (Å²) in [6.45, 7) is 2.63. The van der Waals surface area contributed by atoms with E-state index >= 15 is 0 Å². The molecular formula is C17H18FNO. The van der Waals surface area contributed by atoms with E-state index in [4.69, 9.17) is 0 Å². The summed E-state index contributed by atoms with van der Waals surface area (Å²) < 4.78 is 13.4. The van der Waals surface area contributed by atoms with Crippen LogP contribution in [-0.2, 0) is 19.5 Å². The molecule has 20 heavy (non-hydrogen) atoms. The molecule has 0 spiro atoms. The molecule has 1 aliphatic rings. The summed E-state index contributed by atoms with van der Waals surface area (Å²) in [7, 11) is 0. The van der Waals surface area contributed by atoms with Crippen molar-refractivity contribution < 1.29 is 9.50 Å². The lowest BCUT2D eigenvalue weighted by atomic mass is 10.0. The van der Waals surface area contributed by atoms with Crippen LogP contribution in [0.3, 0.4) is 0 Å². The lowest BCUT2D eigenvalue weighted by molar-refractivity contribution is 0.260. The molecule has 1 aliphatic heterocycles. The number of rotatable bonds is 2. The van der Waals surface area contributed by atoms with Crippen molar-refractivity contribution in [1.82, 2.24) is 4.90 Å². The van der Waals surface area contributed by atoms with Gasteiger partial charge in [-0.2, -0.15) is 0 Å². The van der Waals surface area contributed by atoms with E-state index in [9.17, 15) is 9.50 Å². The number of aryl methyl sites for hydroxylation is 1. The van der Waals surface area contributed by atoms with Gasteiger partial charge in [0.15, 0.2) is 11.6 Å². The number of nitrogens with zero attached hydrogens (tertiary/aromatic N) is 1. The third kappa shape index (κ3) is 2.83. The number of fused-ring (bicyclic) bond motifs is 1. The van der Waals surface area contributed by atoms with Gasteiger partial charge in [0, 0.05) is 13.1 Å². The largest absolute Gasteiger partial charge is 0.505 e. The number of aromatic hydroxyl groups is 1. The Morgan fingerprint density at radius 3 is 2.70 bits per heavy atom. The van der Waals surface area contributed by atoms with Gasteiger partial charge in [0.1, 0.15) is 0 Å². The van der Waals surface area contributed by atoms with Crippen molar-refractivity contribution in [2.24, 2.45) is 0 Å². The van der Waals surface area contributed by atoms with Crippen LogP contribution in [0.4, 0.5) is 4.39 Å². The van der Waals surface area contributed by atoms with Crippen molar-refractivity contribution in [3.8, 4) is 5.75 Å². The highest BCUT2D eigenvalue weighted by Crippen LogP contribution is 2.22. The van der Waals surface area contributed by atoms with E-state index in [-0.39, 0.29) is 5.75 Å². The minimum Gasteiger partial charge on any atom is -0.505 e. The maximum Gasteiger partial charge on any atom is 0.165 e. The molecule has 0 atom stereocenters. The summed E-state index contributed by atoms with van der Waals surface area (Å²) in [5, 5.41) is 9.24. The van der Waals surface area contributed by atoms with Gasteiger partial charge in [0.2, 0.25) is 0 Å². The quantitative estimate of drug-likeness (QED) is 0.904. The second-order valence-electron chi connectivity index (χ2n) is 5.37. The first-order valence-corrected chi connectivity index (χ1v) is 6.99. The average Bonchev–Trinajstić information content (AvgIpc) is 2.64. The lowest BCUT2D eigenvalue weighted by Crippen LogP contribution is -2.22. The zero-order valence-electron chi connectivity index (χ0n) is 11.3. The Bertz CT molecular complexity index is 612. The number of hydrogen-bond acceptors (Lipinski definition) is 2. The number of phenolic OH excluding ortho intramolecular Hbond substituents is 1. The Morgan fingerprint density at radius 1 is 1.10 bits per heavy atom. The van der Waals surface area contributed by atoms with Gasteiger partial charge in [-0.05, 0) is 48.2 Å². The van der Waals surface area contributed by atoms with Crippen molar-refractivity contribution in [2.45, 2.75) is 25.9 Å². The summed E-state index contributed by atoms with van der Waals surface area (Å²) in [5.74, 6) is -0.826. The molecule has 0 fully saturated rings. The number of benzene rings is 2. The Balaban J connectivity index is 1.76. The smallest absolute Gasteiger partial charge is 0.165 e. The lowest BCUT2D eigenvalue weighted by Gasteiger charge is -2.20. The van der Waals surface area contributed by atoms with Gasteiger partial charge in [-0.3, -0.25) is 4.90 Å². The molecule has 104 valence electrons. The van der Waals surface area contributed by atoms with Gasteiger partial charge in [0.05, 0.1) is 0 Å². The Kier molecular flexibility index (Phi) is 3.70. The minimum absolute atomic E-state index is 0.282. The zero-order chi connectivity index (χ0) is 13.9. The van der Waals surface area contributed by atoms with Crippen molar-refractivity contribution in [1.29, 1.82) is 0 Å². The van der Waals surface area contributed by atoms with E-state index in [0.29, 0.717) is 6.54 Å². The SMILES string of the molecule is Oc1ccc(CN2CCCc3ccccc3C2)cc1F. The molecule has 2 nitrogen and oxygen atoms in total. The third-order valence-electron chi connectivity index (χ3n) is 3.85. The Labute approximate surface area is 118 Å². The molecular weight excluding hydrogens is 253 g/mol. The average molecular weight is 271 g/mol. The topological polar surface area (TPSA) is 23.5 Å². The van der Waals surface area contributed by atoms with Crippen LogP contribution >= 0.6 is 0 Å². The predicted molar refractivity (Wildman–Crippen MR) is 76.9 cm³/mol. The molecule has 0 saturated carbocycles. The second kappa shape index (κ2) is 5.63. The standard InChI is InChI=1S/C17H18FNO/c18-16-10-13(7-8-17(16)20)11-19-9-3-6-14-4-1-2-5-15(14)12-19/h1-2,4-5,7-8,10,20H,3,6,9,11-12H2. The van der Waals surface area contributed by atoms with E-state index in [2.05, 4.69) is 29.2 Å². The summed E-state index contributed by atoms with van der Waals surface area (Å²) in [5.41, 5.74) is 3.69. The molecule has 0 aliphatic carbocycles. The zero-order valence-corrected chi connectivity index (χ0v) is 11.3. The number of hydrogen-bond donors (Lipinski definition) is 1. The molecule has 1 N–H and O–H groups in total. The normalized spacial score (nSPS) is 15.7. The van der Waals surface area contributed by atoms with Gasteiger partial charge in [-0.15, -0.1) is 0 Å². The molecule has 0 bridgehead atoms. The van der Waals surface area contributed by atoms with Crippen molar-refractivity contribution >= 4 is 0 Å². The molecule has 0 saturated heterocycles. The molecule has 0 radical (unpaired) electrons. The fourth-order valence-electron chi connectivity index (χ4n) is 2.81. The summed E-state index contributed by atoms with van der Waals surface area (Å²) in [4.78, 5) is 2.33. The highest BCUT2D eigenvalue weighted by Gasteiger charge is 2.14. The van der Waals surface area contributed by atoms with Gasteiger partial charge >= 0.3 is 0 Å². The van der Waals surface area contributed by atoms with Crippen LogP contribution in [0.5, 0.6) is 5.75 Å². The van der Waals surface area contributed by atoms with E-state index in [1.807, 2.05) is 0 Å². The highest BCUT2D eigenvalue weighted by molar-refractivity contribution is 5.30. The number of halogens is 1. The number of phenols is 1. The molecule has 1 heterocycles. The molecule has 2 aromatic rings. The van der Waals surface area contributed by atoms with E-state index in [1.54, 1.807) is 6.07 Å². The predicted octanol–water partition coefficient (Wildman–Crippen LogP) is 3.48. The summed E-state index contributed by atoms with van der Waals surface area (Å²) >= 11 is 0. The van der Waals surface area contributed by atoms with Gasteiger partial charge in [-0.25, -0.2) is 4.39 Å². The van der Waals surface area contributed by atoms with Crippen LogP contribution in [0.2, 0.25) is 0 Å². The van der Waals surface area contributed by atoms with Gasteiger partial charge in [-0.1, -0.05) is 30.3 Å². The Hall–Kier alpha value is -1.87. The fourth-order valence-corrected chi connectivity index (χ4v) is 2.81. The molecule has 2 aromatic carbocycles. The maximum atomic E-state index is 13.4. The molecule has 3 heteroatoms. The van der Waals surface area contributed by atoms with Gasteiger partial charge < -0.3 is 5.11 Å². The third-order valence-corrected chi connectivity index (χ3v) is 3.85. The van der Waals surface area contributed by atoms with Crippen LogP contribution in [0.1, 0.15) is 23.1 Å². The first kappa shape index (κ1) is 13.1. The van der Waals surface area contributed by atoms with Crippen LogP contribution in [0.25, 0.3) is 0 Å².